The Morgan fingerprint density at radius 1 is 1.12 bits per heavy atom. The van der Waals surface area contributed by atoms with Gasteiger partial charge in [0.25, 0.3) is 5.91 Å². The highest BCUT2D eigenvalue weighted by Gasteiger charge is 2.31. The molecule has 0 unspecified atom stereocenters. The monoisotopic (exact) mass is 372 g/mol. The molecule has 0 saturated carbocycles. The van der Waals surface area contributed by atoms with E-state index in [1.807, 2.05) is 20.8 Å². The molecule has 0 radical (unpaired) electrons. The van der Waals surface area contributed by atoms with E-state index in [1.54, 1.807) is 0 Å². The first-order valence-corrected chi connectivity index (χ1v) is 7.62. The first-order chi connectivity index (χ1) is 11.5. The molecule has 2 N–H and O–H groups in total. The molecule has 2 rings (SSSR count). The van der Waals surface area contributed by atoms with Gasteiger partial charge in [0.15, 0.2) is 0 Å². The lowest BCUT2D eigenvalue weighted by molar-refractivity contribution is -0.137. The van der Waals surface area contributed by atoms with Crippen LogP contribution in [0.5, 0.6) is 0 Å². The summed E-state index contributed by atoms with van der Waals surface area (Å²) in [4.78, 5) is 20.2. The molecule has 5 nitrogen and oxygen atoms in total. The Balaban J connectivity index is 2.17. The molecule has 0 spiro atoms. The standard InChI is InChI=1S/C16H16ClF3N4O/c1-15(2,3)24-14-21-7-9(8-22-14)13(25)23-12-6-10(16(18,19)20)4-5-11(12)17/h4-8H,1-3H3,(H,23,25)(H,21,22,24). The highest BCUT2D eigenvalue weighted by Crippen LogP contribution is 2.33. The van der Waals surface area contributed by atoms with Gasteiger partial charge >= 0.3 is 6.18 Å². The van der Waals surface area contributed by atoms with Crippen LogP contribution in [0.4, 0.5) is 24.8 Å². The van der Waals surface area contributed by atoms with E-state index in [2.05, 4.69) is 20.6 Å². The third-order valence-corrected chi connectivity index (χ3v) is 3.27. The van der Waals surface area contributed by atoms with Crippen LogP contribution in [0.15, 0.2) is 30.6 Å². The maximum absolute atomic E-state index is 12.8. The summed E-state index contributed by atoms with van der Waals surface area (Å²) in [5.74, 6) is -0.329. The van der Waals surface area contributed by atoms with Crippen molar-refractivity contribution in [1.82, 2.24) is 9.97 Å². The van der Waals surface area contributed by atoms with Gasteiger partial charge in [-0.1, -0.05) is 11.6 Å². The van der Waals surface area contributed by atoms with Crippen LogP contribution in [-0.2, 0) is 6.18 Å². The summed E-state index contributed by atoms with van der Waals surface area (Å²) >= 11 is 5.85. The molecule has 0 bridgehead atoms. The van der Waals surface area contributed by atoms with Crippen LogP contribution in [0.1, 0.15) is 36.7 Å². The molecular weight excluding hydrogens is 357 g/mol. The maximum atomic E-state index is 12.8. The van der Waals surface area contributed by atoms with Gasteiger partial charge in [0.05, 0.1) is 21.8 Å². The third kappa shape index (κ3) is 5.32. The molecule has 1 aromatic heterocycles. The van der Waals surface area contributed by atoms with Crippen LogP contribution in [0.25, 0.3) is 0 Å². The van der Waals surface area contributed by atoms with Crippen LogP contribution in [0, 0.1) is 0 Å². The van der Waals surface area contributed by atoms with Crippen molar-refractivity contribution >= 4 is 29.1 Å². The minimum Gasteiger partial charge on any atom is -0.350 e. The molecule has 0 aliphatic rings. The normalized spacial score (nSPS) is 12.0. The predicted octanol–water partition coefficient (Wildman–Crippen LogP) is 4.61. The number of benzene rings is 1. The molecule has 1 amide bonds. The van der Waals surface area contributed by atoms with Gasteiger partial charge in [0, 0.05) is 17.9 Å². The van der Waals surface area contributed by atoms with E-state index in [-0.39, 0.29) is 21.8 Å². The van der Waals surface area contributed by atoms with E-state index in [1.165, 1.54) is 12.4 Å². The number of nitrogens with zero attached hydrogens (tertiary/aromatic N) is 2. The van der Waals surface area contributed by atoms with Crippen LogP contribution >= 0.6 is 11.6 Å². The number of aromatic nitrogens is 2. The number of amides is 1. The number of carbonyl (C=O) groups excluding carboxylic acids is 1. The largest absolute Gasteiger partial charge is 0.416 e. The van der Waals surface area contributed by atoms with Crippen molar-refractivity contribution in [2.45, 2.75) is 32.5 Å². The Hall–Kier alpha value is -2.35. The van der Waals surface area contributed by atoms with Gasteiger partial charge in [0.1, 0.15) is 0 Å². The molecule has 25 heavy (non-hydrogen) atoms. The Kier molecular flexibility index (Phi) is 5.22. The van der Waals surface area contributed by atoms with Crippen LogP contribution in [0.2, 0.25) is 5.02 Å². The van der Waals surface area contributed by atoms with Gasteiger partial charge in [-0.25, -0.2) is 9.97 Å². The fourth-order valence-corrected chi connectivity index (χ4v) is 2.00. The number of anilines is 2. The molecule has 1 aromatic carbocycles. The number of hydrogen-bond donors (Lipinski definition) is 2. The number of halogens is 4. The topological polar surface area (TPSA) is 66.9 Å². The van der Waals surface area contributed by atoms with Gasteiger partial charge in [0.2, 0.25) is 5.95 Å². The average molecular weight is 373 g/mol. The molecule has 1 heterocycles. The van der Waals surface area contributed by atoms with Gasteiger partial charge < -0.3 is 10.6 Å². The third-order valence-electron chi connectivity index (χ3n) is 2.94. The molecule has 0 aliphatic carbocycles. The lowest BCUT2D eigenvalue weighted by Gasteiger charge is -2.20. The van der Waals surface area contributed by atoms with Crippen LogP contribution < -0.4 is 10.6 Å². The molecule has 134 valence electrons. The number of alkyl halides is 3. The minimum atomic E-state index is -4.53. The molecule has 0 saturated heterocycles. The summed E-state index contributed by atoms with van der Waals surface area (Å²) in [7, 11) is 0. The van der Waals surface area contributed by atoms with Gasteiger partial charge in [-0.05, 0) is 39.0 Å². The second-order valence-corrected chi connectivity index (χ2v) is 6.72. The summed E-state index contributed by atoms with van der Waals surface area (Å²) < 4.78 is 38.3. The molecule has 0 atom stereocenters. The van der Waals surface area contributed by atoms with E-state index >= 15 is 0 Å². The molecule has 0 aliphatic heterocycles. The molecule has 2 aromatic rings. The molecule has 9 heteroatoms. The second-order valence-electron chi connectivity index (χ2n) is 6.32. The summed E-state index contributed by atoms with van der Waals surface area (Å²) in [5.41, 5.74) is -1.21. The minimum absolute atomic E-state index is 0.00622. The lowest BCUT2D eigenvalue weighted by Crippen LogP contribution is -2.27. The van der Waals surface area contributed by atoms with E-state index in [4.69, 9.17) is 11.6 Å². The summed E-state index contributed by atoms with van der Waals surface area (Å²) in [6, 6.07) is 2.69. The number of rotatable bonds is 3. The predicted molar refractivity (Wildman–Crippen MR) is 89.8 cm³/mol. The first-order valence-electron chi connectivity index (χ1n) is 7.24. The second kappa shape index (κ2) is 6.87. The van der Waals surface area contributed by atoms with Crippen LogP contribution in [0.3, 0.4) is 0 Å². The average Bonchev–Trinajstić information content (AvgIpc) is 2.47. The summed E-state index contributed by atoms with van der Waals surface area (Å²) in [6.45, 7) is 5.77. The SMILES string of the molecule is CC(C)(C)Nc1ncc(C(=O)Nc2cc(C(F)(F)F)ccc2Cl)cn1. The fraction of sp³-hybridized carbons (Fsp3) is 0.312. The smallest absolute Gasteiger partial charge is 0.350 e. The van der Waals surface area contributed by atoms with Crippen molar-refractivity contribution < 1.29 is 18.0 Å². The van der Waals surface area contributed by atoms with E-state index in [9.17, 15) is 18.0 Å². The zero-order valence-corrected chi connectivity index (χ0v) is 14.5. The van der Waals surface area contributed by atoms with E-state index in [0.717, 1.165) is 18.2 Å². The fourth-order valence-electron chi connectivity index (χ4n) is 1.84. The van der Waals surface area contributed by atoms with E-state index < -0.39 is 17.6 Å². The molecular formula is C16H16ClF3N4O. The lowest BCUT2D eigenvalue weighted by atomic mass is 10.1. The van der Waals surface area contributed by atoms with Crippen molar-refractivity contribution in [3.63, 3.8) is 0 Å². The quantitative estimate of drug-likeness (QED) is 0.825. The highest BCUT2D eigenvalue weighted by molar-refractivity contribution is 6.34. The van der Waals surface area contributed by atoms with Crippen LogP contribution in [-0.4, -0.2) is 21.4 Å². The Labute approximate surface area is 147 Å². The summed E-state index contributed by atoms with van der Waals surface area (Å²) in [5, 5.41) is 5.36. The number of carbonyl (C=O) groups is 1. The molecule has 0 fully saturated rings. The van der Waals surface area contributed by atoms with Gasteiger partial charge in [-0.15, -0.1) is 0 Å². The Morgan fingerprint density at radius 2 is 1.72 bits per heavy atom. The van der Waals surface area contributed by atoms with Crippen molar-refractivity contribution in [3.8, 4) is 0 Å². The maximum Gasteiger partial charge on any atom is 0.416 e. The number of hydrogen-bond acceptors (Lipinski definition) is 4. The summed E-state index contributed by atoms with van der Waals surface area (Å²) in [6.07, 6.45) is -1.98. The van der Waals surface area contributed by atoms with Crippen molar-refractivity contribution in [3.05, 3.63) is 46.7 Å². The Bertz CT molecular complexity index is 770. The van der Waals surface area contributed by atoms with Crippen molar-refractivity contribution in [2.75, 3.05) is 10.6 Å². The highest BCUT2D eigenvalue weighted by atomic mass is 35.5. The van der Waals surface area contributed by atoms with Crippen molar-refractivity contribution in [2.24, 2.45) is 0 Å². The zero-order chi connectivity index (χ0) is 18.8. The van der Waals surface area contributed by atoms with E-state index in [0.29, 0.717) is 5.95 Å². The Morgan fingerprint density at radius 3 is 2.24 bits per heavy atom. The zero-order valence-electron chi connectivity index (χ0n) is 13.7. The van der Waals surface area contributed by atoms with Gasteiger partial charge in [-0.2, -0.15) is 13.2 Å². The van der Waals surface area contributed by atoms with Gasteiger partial charge in [-0.3, -0.25) is 4.79 Å². The first kappa shape index (κ1) is 19.0. The van der Waals surface area contributed by atoms with Crippen molar-refractivity contribution in [1.29, 1.82) is 0 Å². The number of nitrogens with one attached hydrogen (secondary N) is 2.